The fraction of sp³-hybridized carbons (Fsp3) is 0.750. The SMILES string of the molecule is CCc1nnsc1C(=O)NCC1CCCCC1Cl. The van der Waals surface area contributed by atoms with Crippen molar-refractivity contribution in [3.63, 3.8) is 0 Å². The summed E-state index contributed by atoms with van der Waals surface area (Å²) >= 11 is 7.44. The van der Waals surface area contributed by atoms with Crippen molar-refractivity contribution >= 4 is 29.0 Å². The average molecular weight is 288 g/mol. The van der Waals surface area contributed by atoms with Gasteiger partial charge in [0.15, 0.2) is 0 Å². The first-order valence-corrected chi connectivity index (χ1v) is 7.66. The maximum atomic E-state index is 12.0. The number of rotatable bonds is 4. The minimum absolute atomic E-state index is 0.0590. The fourth-order valence-electron chi connectivity index (χ4n) is 2.31. The van der Waals surface area contributed by atoms with Crippen molar-refractivity contribution in [1.29, 1.82) is 0 Å². The van der Waals surface area contributed by atoms with E-state index in [1.54, 1.807) is 0 Å². The molecule has 2 unspecified atom stereocenters. The van der Waals surface area contributed by atoms with Gasteiger partial charge in [-0.25, -0.2) is 0 Å². The molecule has 18 heavy (non-hydrogen) atoms. The fourth-order valence-corrected chi connectivity index (χ4v) is 3.34. The van der Waals surface area contributed by atoms with Gasteiger partial charge in [-0.3, -0.25) is 4.79 Å². The smallest absolute Gasteiger partial charge is 0.264 e. The van der Waals surface area contributed by atoms with Crippen LogP contribution in [0.2, 0.25) is 0 Å². The Morgan fingerprint density at radius 2 is 2.28 bits per heavy atom. The molecule has 1 aromatic rings. The molecule has 2 rings (SSSR count). The zero-order valence-corrected chi connectivity index (χ0v) is 12.1. The predicted octanol–water partition coefficient (Wildman–Crippen LogP) is 2.63. The van der Waals surface area contributed by atoms with Gasteiger partial charge in [0, 0.05) is 11.9 Å². The minimum atomic E-state index is -0.0590. The number of alkyl halides is 1. The van der Waals surface area contributed by atoms with Crippen molar-refractivity contribution < 1.29 is 4.79 Å². The van der Waals surface area contributed by atoms with Crippen LogP contribution >= 0.6 is 23.1 Å². The van der Waals surface area contributed by atoms with E-state index in [-0.39, 0.29) is 11.3 Å². The first kappa shape index (κ1) is 13.7. The quantitative estimate of drug-likeness (QED) is 0.866. The molecule has 0 saturated heterocycles. The lowest BCUT2D eigenvalue weighted by Gasteiger charge is -2.26. The standard InChI is InChI=1S/C12H18ClN3OS/c1-2-10-11(18-16-15-10)12(17)14-7-8-5-3-4-6-9(8)13/h8-9H,2-7H2,1H3,(H,14,17). The van der Waals surface area contributed by atoms with Crippen LogP contribution in [0.3, 0.4) is 0 Å². The molecule has 6 heteroatoms. The maximum absolute atomic E-state index is 12.0. The summed E-state index contributed by atoms with van der Waals surface area (Å²) in [6, 6.07) is 0. The number of carbonyl (C=O) groups excluding carboxylic acids is 1. The lowest BCUT2D eigenvalue weighted by atomic mass is 9.89. The number of aromatic nitrogens is 2. The molecule has 1 saturated carbocycles. The van der Waals surface area contributed by atoms with E-state index in [1.807, 2.05) is 6.92 Å². The van der Waals surface area contributed by atoms with E-state index in [0.29, 0.717) is 17.3 Å². The van der Waals surface area contributed by atoms with Gasteiger partial charge in [-0.1, -0.05) is 24.3 Å². The van der Waals surface area contributed by atoms with Crippen LogP contribution in [0, 0.1) is 5.92 Å². The molecule has 1 aliphatic rings. The van der Waals surface area contributed by atoms with Crippen LogP contribution in [0.5, 0.6) is 0 Å². The Bertz CT molecular complexity index is 410. The predicted molar refractivity (Wildman–Crippen MR) is 73.2 cm³/mol. The third kappa shape index (κ3) is 3.20. The maximum Gasteiger partial charge on any atom is 0.264 e. The van der Waals surface area contributed by atoms with Gasteiger partial charge in [-0.05, 0) is 36.7 Å². The number of carbonyl (C=O) groups is 1. The average Bonchev–Trinajstić information content (AvgIpc) is 2.86. The van der Waals surface area contributed by atoms with E-state index >= 15 is 0 Å². The second kappa shape index (κ2) is 6.48. The summed E-state index contributed by atoms with van der Waals surface area (Å²) in [4.78, 5) is 12.6. The van der Waals surface area contributed by atoms with Crippen molar-refractivity contribution in [3.05, 3.63) is 10.6 Å². The molecular weight excluding hydrogens is 270 g/mol. The first-order valence-electron chi connectivity index (χ1n) is 6.45. The van der Waals surface area contributed by atoms with Crippen LogP contribution in [-0.2, 0) is 6.42 Å². The molecule has 1 N–H and O–H groups in total. The Morgan fingerprint density at radius 3 is 3.00 bits per heavy atom. The molecule has 2 atom stereocenters. The second-order valence-corrected chi connectivity index (χ2v) is 5.99. The molecule has 1 heterocycles. The van der Waals surface area contributed by atoms with E-state index in [0.717, 1.165) is 36.5 Å². The summed E-state index contributed by atoms with van der Waals surface area (Å²) in [6.45, 7) is 2.64. The molecule has 0 bridgehead atoms. The molecule has 0 aromatic carbocycles. The summed E-state index contributed by atoms with van der Waals surface area (Å²) in [6.07, 6.45) is 5.32. The zero-order chi connectivity index (χ0) is 13.0. The molecule has 0 aliphatic heterocycles. The third-order valence-electron chi connectivity index (χ3n) is 3.44. The summed E-state index contributed by atoms with van der Waals surface area (Å²) in [5.74, 6) is 0.339. The summed E-state index contributed by atoms with van der Waals surface area (Å²) in [5.41, 5.74) is 0.781. The minimum Gasteiger partial charge on any atom is -0.351 e. The second-order valence-electron chi connectivity index (χ2n) is 4.67. The van der Waals surface area contributed by atoms with Gasteiger partial charge >= 0.3 is 0 Å². The Kier molecular flexibility index (Phi) is 4.95. The topological polar surface area (TPSA) is 54.9 Å². The molecule has 4 nitrogen and oxygen atoms in total. The van der Waals surface area contributed by atoms with E-state index < -0.39 is 0 Å². The highest BCUT2D eigenvalue weighted by molar-refractivity contribution is 7.08. The molecule has 0 spiro atoms. The van der Waals surface area contributed by atoms with Crippen LogP contribution in [-0.4, -0.2) is 27.4 Å². The molecule has 100 valence electrons. The number of nitrogens with zero attached hydrogens (tertiary/aromatic N) is 2. The molecular formula is C12H18ClN3OS. The van der Waals surface area contributed by atoms with Gasteiger partial charge in [0.25, 0.3) is 5.91 Å². The van der Waals surface area contributed by atoms with Crippen molar-refractivity contribution in [1.82, 2.24) is 14.9 Å². The van der Waals surface area contributed by atoms with Crippen LogP contribution in [0.1, 0.15) is 48.0 Å². The van der Waals surface area contributed by atoms with Gasteiger partial charge < -0.3 is 5.32 Å². The lowest BCUT2D eigenvalue weighted by Crippen LogP contribution is -2.34. The molecule has 1 fully saturated rings. The van der Waals surface area contributed by atoms with Crippen molar-refractivity contribution in [3.8, 4) is 0 Å². The summed E-state index contributed by atoms with van der Waals surface area (Å²) in [5, 5.41) is 7.11. The Morgan fingerprint density at radius 1 is 1.50 bits per heavy atom. The van der Waals surface area contributed by atoms with Crippen LogP contribution < -0.4 is 5.32 Å². The third-order valence-corrected chi connectivity index (χ3v) is 4.78. The lowest BCUT2D eigenvalue weighted by molar-refractivity contribution is 0.0947. The number of amides is 1. The van der Waals surface area contributed by atoms with Crippen LogP contribution in [0.25, 0.3) is 0 Å². The van der Waals surface area contributed by atoms with Crippen molar-refractivity contribution in [2.24, 2.45) is 5.92 Å². The first-order chi connectivity index (χ1) is 8.72. The van der Waals surface area contributed by atoms with Gasteiger partial charge in [-0.15, -0.1) is 16.7 Å². The number of halogens is 1. The van der Waals surface area contributed by atoms with Crippen molar-refractivity contribution in [2.75, 3.05) is 6.54 Å². The Labute approximate surface area is 116 Å². The normalized spacial score (nSPS) is 23.9. The Hall–Kier alpha value is -0.680. The van der Waals surface area contributed by atoms with E-state index in [2.05, 4.69) is 14.9 Å². The Balaban J connectivity index is 1.88. The van der Waals surface area contributed by atoms with Crippen LogP contribution in [0.4, 0.5) is 0 Å². The van der Waals surface area contributed by atoms with Gasteiger partial charge in [-0.2, -0.15) is 0 Å². The van der Waals surface area contributed by atoms with Gasteiger partial charge in [0.2, 0.25) is 0 Å². The number of aryl methyl sites for hydroxylation is 1. The molecule has 1 aliphatic carbocycles. The van der Waals surface area contributed by atoms with Gasteiger partial charge in [0.05, 0.1) is 5.69 Å². The molecule has 1 amide bonds. The highest BCUT2D eigenvalue weighted by Crippen LogP contribution is 2.28. The number of nitrogens with one attached hydrogen (secondary N) is 1. The van der Waals surface area contributed by atoms with E-state index in [1.165, 1.54) is 12.8 Å². The number of hydrogen-bond acceptors (Lipinski definition) is 4. The molecule has 1 aromatic heterocycles. The highest BCUT2D eigenvalue weighted by atomic mass is 35.5. The molecule has 0 radical (unpaired) electrons. The van der Waals surface area contributed by atoms with Crippen molar-refractivity contribution in [2.45, 2.75) is 44.4 Å². The number of hydrogen-bond donors (Lipinski definition) is 1. The van der Waals surface area contributed by atoms with E-state index in [4.69, 9.17) is 11.6 Å². The monoisotopic (exact) mass is 287 g/mol. The summed E-state index contributed by atoms with van der Waals surface area (Å²) < 4.78 is 3.83. The highest BCUT2D eigenvalue weighted by Gasteiger charge is 2.24. The van der Waals surface area contributed by atoms with Gasteiger partial charge in [0.1, 0.15) is 4.88 Å². The van der Waals surface area contributed by atoms with E-state index in [9.17, 15) is 4.79 Å². The summed E-state index contributed by atoms with van der Waals surface area (Å²) in [7, 11) is 0. The van der Waals surface area contributed by atoms with Crippen LogP contribution in [0.15, 0.2) is 0 Å². The largest absolute Gasteiger partial charge is 0.351 e. The zero-order valence-electron chi connectivity index (χ0n) is 10.5.